The van der Waals surface area contributed by atoms with Crippen LogP contribution in [0.3, 0.4) is 0 Å². The van der Waals surface area contributed by atoms with Crippen molar-refractivity contribution in [1.82, 2.24) is 24.5 Å². The highest BCUT2D eigenvalue weighted by Crippen LogP contribution is 2.73. The van der Waals surface area contributed by atoms with Gasteiger partial charge in [-0.1, -0.05) is 13.0 Å². The van der Waals surface area contributed by atoms with Crippen LogP contribution in [0.1, 0.15) is 43.7 Å². The van der Waals surface area contributed by atoms with Crippen molar-refractivity contribution in [2.45, 2.75) is 51.2 Å². The highest BCUT2D eigenvalue weighted by atomic mass is 16.5. The summed E-state index contributed by atoms with van der Waals surface area (Å²) in [5.41, 5.74) is 6.41. The van der Waals surface area contributed by atoms with Gasteiger partial charge < -0.3 is 14.4 Å². The van der Waals surface area contributed by atoms with E-state index in [2.05, 4.69) is 51.1 Å². The molecule has 0 spiro atoms. The SMILES string of the molecule is Bc1cc(CN2C3CC2CN(c2ccc(-c4cc(OCC56CC(C)(C5)C6)cn5ncc(C#N)c45)cn2)C3)cnc1OC. The molecule has 6 fully saturated rings. The maximum absolute atomic E-state index is 9.77. The Balaban J connectivity index is 0.987. The Kier molecular flexibility index (Phi) is 5.61. The zero-order valence-electron chi connectivity index (χ0n) is 24.4. The minimum Gasteiger partial charge on any atom is -0.491 e. The minimum atomic E-state index is 0.351. The normalized spacial score (nSPS) is 27.5. The smallest absolute Gasteiger partial charge is 0.206 e. The van der Waals surface area contributed by atoms with E-state index in [4.69, 9.17) is 14.5 Å². The summed E-state index contributed by atoms with van der Waals surface area (Å²) in [4.78, 5) is 14.4. The molecule has 2 unspecified atom stereocenters. The molecule has 3 aliphatic carbocycles. The topological polar surface area (TPSA) is 91.8 Å². The third-order valence-corrected chi connectivity index (χ3v) is 10.0. The van der Waals surface area contributed by atoms with Crippen molar-refractivity contribution in [2.24, 2.45) is 10.8 Å². The van der Waals surface area contributed by atoms with Crippen LogP contribution in [0.4, 0.5) is 5.82 Å². The standard InChI is InChI=1S/C32H34BN7O2/c1-31-16-32(17-31,18-31)19-42-25-7-26(29-22(8-34)11-37-40(29)15-25)21-3-4-28(35-10-21)38-13-23-6-24(14-38)39(23)12-20-5-27(33)30(41-2)36-9-20/h3-5,7,9-11,15,23-24H,6,12-14,16-19,33H2,1-2H3. The van der Waals surface area contributed by atoms with Gasteiger partial charge in [0, 0.05) is 60.7 Å². The predicted molar refractivity (Wildman–Crippen MR) is 162 cm³/mol. The lowest BCUT2D eigenvalue weighted by atomic mass is 9.36. The highest BCUT2D eigenvalue weighted by Gasteiger charge is 2.65. The molecule has 3 saturated heterocycles. The van der Waals surface area contributed by atoms with Crippen molar-refractivity contribution in [2.75, 3.05) is 31.7 Å². The average Bonchev–Trinajstić information content (AvgIpc) is 3.40. The van der Waals surface area contributed by atoms with E-state index in [1.54, 1.807) is 17.8 Å². The first-order valence-corrected chi connectivity index (χ1v) is 14.9. The van der Waals surface area contributed by atoms with Crippen molar-refractivity contribution in [3.05, 3.63) is 60.2 Å². The van der Waals surface area contributed by atoms with Crippen molar-refractivity contribution < 1.29 is 9.47 Å². The molecule has 4 bridgehead atoms. The molecule has 7 heterocycles. The van der Waals surface area contributed by atoms with Gasteiger partial charge >= 0.3 is 0 Å². The number of piperazine rings is 1. The van der Waals surface area contributed by atoms with Crippen molar-refractivity contribution in [1.29, 1.82) is 5.26 Å². The lowest BCUT2D eigenvalue weighted by Gasteiger charge is -2.69. The molecule has 3 saturated carbocycles. The summed E-state index contributed by atoms with van der Waals surface area (Å²) in [6, 6.07) is 11.8. The zero-order chi connectivity index (χ0) is 28.6. The molecule has 0 amide bonds. The van der Waals surface area contributed by atoms with E-state index >= 15 is 0 Å². The maximum atomic E-state index is 9.77. The molecule has 6 aliphatic rings. The van der Waals surface area contributed by atoms with E-state index in [0.29, 0.717) is 34.4 Å². The van der Waals surface area contributed by atoms with Gasteiger partial charge in [0.15, 0.2) is 0 Å². The van der Waals surface area contributed by atoms with E-state index in [1.165, 1.54) is 31.2 Å². The van der Waals surface area contributed by atoms with Crippen LogP contribution in [0.5, 0.6) is 11.6 Å². The second-order valence-electron chi connectivity index (χ2n) is 13.4. The van der Waals surface area contributed by atoms with Gasteiger partial charge in [0.05, 0.1) is 37.2 Å². The van der Waals surface area contributed by atoms with Crippen molar-refractivity contribution in [3.63, 3.8) is 0 Å². The fourth-order valence-electron chi connectivity index (χ4n) is 8.42. The molecule has 9 nitrogen and oxygen atoms in total. The number of piperidine rings is 1. The molecule has 10 rings (SSSR count). The molecular weight excluding hydrogens is 525 g/mol. The molecular formula is C32H34BN7O2. The molecule has 3 aliphatic heterocycles. The molecule has 4 aromatic rings. The second kappa shape index (κ2) is 9.20. The van der Waals surface area contributed by atoms with Crippen LogP contribution in [0.25, 0.3) is 16.6 Å². The van der Waals surface area contributed by atoms with Gasteiger partial charge in [0.25, 0.3) is 0 Å². The molecule has 0 radical (unpaired) electrons. The summed E-state index contributed by atoms with van der Waals surface area (Å²) in [6.07, 6.45) is 12.4. The van der Waals surface area contributed by atoms with Gasteiger partial charge in [-0.15, -0.1) is 0 Å². The largest absolute Gasteiger partial charge is 0.491 e. The van der Waals surface area contributed by atoms with E-state index in [1.807, 2.05) is 32.5 Å². The van der Waals surface area contributed by atoms with Crippen molar-refractivity contribution >= 4 is 24.6 Å². The molecule has 10 heteroatoms. The Labute approximate surface area is 246 Å². The molecule has 42 heavy (non-hydrogen) atoms. The first-order chi connectivity index (χ1) is 20.3. The number of pyridine rings is 3. The summed E-state index contributed by atoms with van der Waals surface area (Å²) in [6.45, 7) is 5.93. The third kappa shape index (κ3) is 4.05. The van der Waals surface area contributed by atoms with Crippen molar-refractivity contribution in [3.8, 4) is 28.8 Å². The van der Waals surface area contributed by atoms with Crippen LogP contribution in [-0.4, -0.2) is 71.2 Å². The monoisotopic (exact) mass is 559 g/mol. The molecule has 0 aromatic carbocycles. The number of rotatable bonds is 8. The van der Waals surface area contributed by atoms with Crippen LogP contribution in [-0.2, 0) is 6.54 Å². The van der Waals surface area contributed by atoms with Crippen LogP contribution in [0.15, 0.2) is 49.1 Å². The lowest BCUT2D eigenvalue weighted by molar-refractivity contribution is -0.206. The number of ether oxygens (including phenoxy) is 2. The minimum absolute atomic E-state index is 0.351. The van der Waals surface area contributed by atoms with E-state index in [-0.39, 0.29) is 0 Å². The summed E-state index contributed by atoms with van der Waals surface area (Å²) in [5, 5.41) is 14.2. The van der Waals surface area contributed by atoms with Crippen LogP contribution in [0.2, 0.25) is 0 Å². The number of hydrogen-bond donors (Lipinski definition) is 0. The number of hydrogen-bond acceptors (Lipinski definition) is 8. The van der Waals surface area contributed by atoms with Gasteiger partial charge in [-0.05, 0) is 60.3 Å². The van der Waals surface area contributed by atoms with E-state index < -0.39 is 0 Å². The van der Waals surface area contributed by atoms with Gasteiger partial charge in [0.1, 0.15) is 25.5 Å². The predicted octanol–water partition coefficient (Wildman–Crippen LogP) is 2.96. The fraction of sp³-hybridized carbons (Fsp3) is 0.438. The molecule has 4 aromatic heterocycles. The average molecular weight is 559 g/mol. The Morgan fingerprint density at radius 2 is 1.90 bits per heavy atom. The number of aromatic nitrogens is 4. The summed E-state index contributed by atoms with van der Waals surface area (Å²) >= 11 is 0. The first kappa shape index (κ1) is 25.6. The Morgan fingerprint density at radius 3 is 2.57 bits per heavy atom. The Hall–Kier alpha value is -4.10. The number of methoxy groups -OCH3 is 1. The Bertz CT molecular complexity index is 1710. The fourth-order valence-corrected chi connectivity index (χ4v) is 8.42. The lowest BCUT2D eigenvalue weighted by Crippen LogP contribution is -2.68. The number of nitriles is 1. The van der Waals surface area contributed by atoms with Crippen LogP contribution in [0, 0.1) is 22.2 Å². The highest BCUT2D eigenvalue weighted by molar-refractivity contribution is 6.34. The summed E-state index contributed by atoms with van der Waals surface area (Å²) < 4.78 is 13.4. The number of fused-ring (bicyclic) bond motifs is 3. The van der Waals surface area contributed by atoms with Gasteiger partial charge in [-0.2, -0.15) is 10.4 Å². The number of anilines is 1. The first-order valence-electron chi connectivity index (χ1n) is 14.9. The van der Waals surface area contributed by atoms with Crippen LogP contribution >= 0.6 is 0 Å². The molecule has 212 valence electrons. The second-order valence-corrected chi connectivity index (χ2v) is 13.4. The molecule has 0 N–H and O–H groups in total. The Morgan fingerprint density at radius 1 is 1.10 bits per heavy atom. The maximum Gasteiger partial charge on any atom is 0.206 e. The third-order valence-electron chi connectivity index (χ3n) is 10.0. The quantitative estimate of drug-likeness (QED) is 0.305. The van der Waals surface area contributed by atoms with E-state index in [9.17, 15) is 5.26 Å². The zero-order valence-corrected chi connectivity index (χ0v) is 24.4. The summed E-state index contributed by atoms with van der Waals surface area (Å²) in [5.74, 6) is 2.46. The van der Waals surface area contributed by atoms with Crippen LogP contribution < -0.4 is 19.8 Å². The van der Waals surface area contributed by atoms with Gasteiger partial charge in [-0.25, -0.2) is 14.5 Å². The van der Waals surface area contributed by atoms with E-state index in [0.717, 1.165) is 59.9 Å². The molecule has 2 atom stereocenters. The number of nitrogens with zero attached hydrogens (tertiary/aromatic N) is 7. The van der Waals surface area contributed by atoms with Gasteiger partial charge in [-0.3, -0.25) is 4.90 Å². The summed E-state index contributed by atoms with van der Waals surface area (Å²) in [7, 11) is 3.71. The van der Waals surface area contributed by atoms with Gasteiger partial charge in [0.2, 0.25) is 5.88 Å².